The third-order valence-electron chi connectivity index (χ3n) is 3.03. The van der Waals surface area contributed by atoms with Crippen molar-refractivity contribution in [3.8, 4) is 0 Å². The van der Waals surface area contributed by atoms with E-state index < -0.39 is 6.10 Å². The van der Waals surface area contributed by atoms with Crippen molar-refractivity contribution in [2.24, 2.45) is 0 Å². The van der Waals surface area contributed by atoms with Crippen molar-refractivity contribution in [3.63, 3.8) is 0 Å². The highest BCUT2D eigenvalue weighted by Gasteiger charge is 2.23. The Morgan fingerprint density at radius 3 is 2.53 bits per heavy atom. The Balaban J connectivity index is 1.83. The molecule has 1 aliphatic rings. The van der Waals surface area contributed by atoms with E-state index in [2.05, 4.69) is 33.0 Å². The van der Waals surface area contributed by atoms with Gasteiger partial charge in [-0.05, 0) is 45.8 Å². The van der Waals surface area contributed by atoms with E-state index in [0.29, 0.717) is 0 Å². The smallest absolute Gasteiger partial charge is 0.131 e. The van der Waals surface area contributed by atoms with E-state index in [1.54, 1.807) is 0 Å². The number of aromatic nitrogens is 1. The van der Waals surface area contributed by atoms with Crippen LogP contribution in [0.2, 0.25) is 0 Å². The van der Waals surface area contributed by atoms with Crippen LogP contribution in [0.25, 0.3) is 0 Å². The van der Waals surface area contributed by atoms with Crippen molar-refractivity contribution in [2.75, 3.05) is 0 Å². The summed E-state index contributed by atoms with van der Waals surface area (Å²) in [7, 11) is 0. The van der Waals surface area contributed by atoms with Crippen LogP contribution in [0.3, 0.4) is 0 Å². The fraction of sp³-hybridized carbons (Fsp3) is 0.308. The van der Waals surface area contributed by atoms with Crippen LogP contribution >= 0.6 is 27.3 Å². The topological polar surface area (TPSA) is 33.1 Å². The number of rotatable bonds is 3. The van der Waals surface area contributed by atoms with Gasteiger partial charge in [0.15, 0.2) is 0 Å². The summed E-state index contributed by atoms with van der Waals surface area (Å²) in [5, 5.41) is 12.8. The molecule has 0 radical (unpaired) electrons. The number of aliphatic hydroxyl groups is 1. The Hall–Kier alpha value is -0.710. The molecule has 0 saturated heterocycles. The quantitative estimate of drug-likeness (QED) is 0.933. The van der Waals surface area contributed by atoms with Crippen LogP contribution < -0.4 is 0 Å². The molecular weight excluding hydrogens is 298 g/mol. The predicted octanol–water partition coefficient (Wildman–Crippen LogP) is 3.86. The maximum Gasteiger partial charge on any atom is 0.131 e. The number of halogens is 1. The zero-order valence-corrected chi connectivity index (χ0v) is 11.5. The van der Waals surface area contributed by atoms with Gasteiger partial charge in [0.05, 0.1) is 0 Å². The number of nitrogens with zero attached hydrogens (tertiary/aromatic N) is 1. The normalized spacial score (nSPS) is 17.1. The second-order valence-corrected chi connectivity index (χ2v) is 6.05. The van der Waals surface area contributed by atoms with Crippen molar-refractivity contribution in [3.05, 3.63) is 50.4 Å². The first-order valence-corrected chi connectivity index (χ1v) is 7.30. The molecule has 2 nitrogen and oxygen atoms in total. The molecule has 4 heteroatoms. The van der Waals surface area contributed by atoms with E-state index in [9.17, 15) is 5.11 Å². The monoisotopic (exact) mass is 309 g/mol. The fourth-order valence-corrected chi connectivity index (χ4v) is 3.18. The van der Waals surface area contributed by atoms with Crippen LogP contribution in [0, 0.1) is 0 Å². The van der Waals surface area contributed by atoms with Gasteiger partial charge < -0.3 is 5.11 Å². The molecule has 0 spiro atoms. The van der Waals surface area contributed by atoms with Crippen molar-refractivity contribution < 1.29 is 5.11 Å². The van der Waals surface area contributed by atoms with E-state index in [4.69, 9.17) is 0 Å². The molecule has 1 heterocycles. The first-order valence-electron chi connectivity index (χ1n) is 5.63. The third-order valence-corrected chi connectivity index (χ3v) is 4.64. The summed E-state index contributed by atoms with van der Waals surface area (Å²) in [5.41, 5.74) is 2.30. The van der Waals surface area contributed by atoms with E-state index >= 15 is 0 Å². The molecule has 1 aromatic carbocycles. The summed E-state index contributed by atoms with van der Waals surface area (Å²) in [6, 6.07) is 8.26. The summed E-state index contributed by atoms with van der Waals surface area (Å²) >= 11 is 4.77. The molecule has 1 unspecified atom stereocenters. The van der Waals surface area contributed by atoms with Gasteiger partial charge in [0.25, 0.3) is 0 Å². The van der Waals surface area contributed by atoms with E-state index in [-0.39, 0.29) is 0 Å². The van der Waals surface area contributed by atoms with E-state index in [0.717, 1.165) is 21.1 Å². The number of thiazole rings is 1. The molecule has 1 aliphatic carbocycles. The number of hydrogen-bond donors (Lipinski definition) is 1. The summed E-state index contributed by atoms with van der Waals surface area (Å²) in [6.45, 7) is 0. The van der Waals surface area contributed by atoms with Crippen molar-refractivity contribution >= 4 is 27.3 Å². The van der Waals surface area contributed by atoms with Gasteiger partial charge in [-0.1, -0.05) is 24.3 Å². The Morgan fingerprint density at radius 1 is 1.29 bits per heavy atom. The lowest BCUT2D eigenvalue weighted by Gasteiger charge is -2.08. The minimum Gasteiger partial charge on any atom is -0.381 e. The zero-order chi connectivity index (χ0) is 11.8. The Morgan fingerprint density at radius 2 is 2.00 bits per heavy atom. The first-order chi connectivity index (χ1) is 8.24. The van der Waals surface area contributed by atoms with Crippen molar-refractivity contribution in [2.45, 2.75) is 24.9 Å². The second kappa shape index (κ2) is 4.52. The molecule has 0 bridgehead atoms. The molecule has 0 aliphatic heterocycles. The number of aliphatic hydroxyl groups excluding tert-OH is 1. The molecule has 1 aromatic heterocycles. The summed E-state index contributed by atoms with van der Waals surface area (Å²) in [4.78, 5) is 4.24. The van der Waals surface area contributed by atoms with Gasteiger partial charge in [-0.2, -0.15) is 0 Å². The van der Waals surface area contributed by atoms with Gasteiger partial charge >= 0.3 is 0 Å². The van der Waals surface area contributed by atoms with Gasteiger partial charge in [0.2, 0.25) is 0 Å². The van der Waals surface area contributed by atoms with Crippen LogP contribution in [0.5, 0.6) is 0 Å². The average molecular weight is 310 g/mol. The lowest BCUT2D eigenvalue weighted by molar-refractivity contribution is 0.219. The summed E-state index contributed by atoms with van der Waals surface area (Å²) in [5.74, 6) is 0.759. The third kappa shape index (κ3) is 2.44. The van der Waals surface area contributed by atoms with Gasteiger partial charge in [0, 0.05) is 5.38 Å². The molecule has 1 N–H and O–H groups in total. The van der Waals surface area contributed by atoms with Crippen LogP contribution in [-0.2, 0) is 0 Å². The second-order valence-electron chi connectivity index (χ2n) is 4.35. The van der Waals surface area contributed by atoms with Gasteiger partial charge in [-0.3, -0.25) is 0 Å². The molecule has 88 valence electrons. The maximum atomic E-state index is 10.2. The van der Waals surface area contributed by atoms with Gasteiger partial charge in [-0.25, -0.2) is 4.98 Å². The zero-order valence-electron chi connectivity index (χ0n) is 9.14. The predicted molar refractivity (Wildman–Crippen MR) is 72.3 cm³/mol. The minimum absolute atomic E-state index is 0.612. The SMILES string of the molecule is OC(c1ccc(C2CC2)cc1)c1nc(Br)cs1. The molecule has 1 fully saturated rings. The van der Waals surface area contributed by atoms with E-state index in [1.165, 1.54) is 29.7 Å². The first kappa shape index (κ1) is 11.4. The Kier molecular flexibility index (Phi) is 3.03. The van der Waals surface area contributed by atoms with Crippen molar-refractivity contribution in [1.29, 1.82) is 0 Å². The van der Waals surface area contributed by atoms with Gasteiger partial charge in [-0.15, -0.1) is 11.3 Å². The number of hydrogen-bond acceptors (Lipinski definition) is 3. The fourth-order valence-electron chi connectivity index (χ4n) is 1.90. The van der Waals surface area contributed by atoms with Crippen LogP contribution in [-0.4, -0.2) is 10.1 Å². The lowest BCUT2D eigenvalue weighted by atomic mass is 10.1. The van der Waals surface area contributed by atoms with Crippen LogP contribution in [0.4, 0.5) is 0 Å². The maximum absolute atomic E-state index is 10.2. The molecule has 2 aromatic rings. The molecule has 17 heavy (non-hydrogen) atoms. The summed E-state index contributed by atoms with van der Waals surface area (Å²) < 4.78 is 0.783. The molecular formula is C13H12BrNOS. The highest BCUT2D eigenvalue weighted by atomic mass is 79.9. The standard InChI is InChI=1S/C13H12BrNOS/c14-11-7-17-13(15-11)12(16)10-5-3-9(4-6-10)8-1-2-8/h3-8,12,16H,1-2H2. The molecule has 1 atom stereocenters. The molecule has 3 rings (SSSR count). The van der Waals surface area contributed by atoms with Crippen molar-refractivity contribution in [1.82, 2.24) is 4.98 Å². The Bertz CT molecular complexity index is 518. The van der Waals surface area contributed by atoms with Crippen LogP contribution in [0.15, 0.2) is 34.2 Å². The lowest BCUT2D eigenvalue weighted by Crippen LogP contribution is -1.98. The largest absolute Gasteiger partial charge is 0.381 e. The highest BCUT2D eigenvalue weighted by Crippen LogP contribution is 2.40. The minimum atomic E-state index is -0.612. The molecule has 0 amide bonds. The number of benzene rings is 1. The highest BCUT2D eigenvalue weighted by molar-refractivity contribution is 9.10. The Labute approximate surface area is 112 Å². The average Bonchev–Trinajstić information content (AvgIpc) is 3.11. The summed E-state index contributed by atoms with van der Waals surface area (Å²) in [6.07, 6.45) is 2.00. The molecule has 1 saturated carbocycles. The van der Waals surface area contributed by atoms with E-state index in [1.807, 2.05) is 17.5 Å². The van der Waals surface area contributed by atoms with Gasteiger partial charge in [0.1, 0.15) is 15.7 Å². The van der Waals surface area contributed by atoms with Crippen LogP contribution in [0.1, 0.15) is 41.0 Å².